The highest BCUT2D eigenvalue weighted by Crippen LogP contribution is 2.28. The first-order chi connectivity index (χ1) is 17.5. The summed E-state index contributed by atoms with van der Waals surface area (Å²) in [7, 11) is 0. The molecule has 0 saturated heterocycles. The van der Waals surface area contributed by atoms with Gasteiger partial charge < -0.3 is 28.2 Å². The van der Waals surface area contributed by atoms with Crippen LogP contribution in [0.4, 0.5) is 0 Å². The van der Waals surface area contributed by atoms with Crippen molar-refractivity contribution in [2.24, 2.45) is 0 Å². The van der Waals surface area contributed by atoms with E-state index in [0.29, 0.717) is 30.1 Å². The van der Waals surface area contributed by atoms with Gasteiger partial charge in [-0.25, -0.2) is 9.59 Å². The van der Waals surface area contributed by atoms with E-state index >= 15 is 0 Å². The topological polar surface area (TPSA) is 108 Å². The molecule has 5 aromatic rings. The molecule has 0 bridgehead atoms. The molecule has 0 amide bonds. The average molecular weight is 488 g/mol. The van der Waals surface area contributed by atoms with Crippen molar-refractivity contribution in [1.29, 1.82) is 0 Å². The number of hydrogen-bond acceptors (Lipinski definition) is 8. The van der Waals surface area contributed by atoms with E-state index in [4.69, 9.17) is 23.0 Å². The molecular weight excluding hydrogens is 464 g/mol. The van der Waals surface area contributed by atoms with Crippen LogP contribution in [0.1, 0.15) is 35.0 Å². The van der Waals surface area contributed by atoms with Gasteiger partial charge in [0.25, 0.3) is 0 Å². The number of phenols is 1. The highest BCUT2D eigenvalue weighted by atomic mass is 16.5. The zero-order valence-electron chi connectivity index (χ0n) is 19.7. The summed E-state index contributed by atoms with van der Waals surface area (Å²) < 4.78 is 26.2. The highest BCUT2D eigenvalue weighted by molar-refractivity contribution is 5.93. The summed E-state index contributed by atoms with van der Waals surface area (Å²) in [6.07, 6.45) is 0. The summed E-state index contributed by atoms with van der Waals surface area (Å²) in [5.74, 6) is 0.897. The van der Waals surface area contributed by atoms with Gasteiger partial charge in [0, 0.05) is 22.9 Å². The molecule has 0 unspecified atom stereocenters. The molecule has 0 aliphatic carbocycles. The number of aromatic hydroxyl groups is 1. The lowest BCUT2D eigenvalue weighted by Gasteiger charge is -2.04. The Morgan fingerprint density at radius 1 is 0.694 bits per heavy atom. The Morgan fingerprint density at radius 3 is 1.83 bits per heavy atom. The maximum atomic E-state index is 11.6. The molecule has 36 heavy (non-hydrogen) atoms. The quantitative estimate of drug-likeness (QED) is 0.263. The Labute approximate surface area is 206 Å². The number of ether oxygens (including phenoxy) is 3. The van der Waals surface area contributed by atoms with Crippen LogP contribution in [0.5, 0.6) is 17.2 Å². The maximum absolute atomic E-state index is 11.6. The van der Waals surface area contributed by atoms with Crippen molar-refractivity contribution in [3.63, 3.8) is 0 Å². The fraction of sp³-hybridized carbons (Fsp3) is 0.143. The normalized spacial score (nSPS) is 10.5. The second-order valence-corrected chi connectivity index (χ2v) is 7.50. The van der Waals surface area contributed by atoms with E-state index in [1.807, 2.05) is 42.5 Å². The predicted octanol–water partition coefficient (Wildman–Crippen LogP) is 6.72. The lowest BCUT2D eigenvalue weighted by Crippen LogP contribution is -2.02. The van der Waals surface area contributed by atoms with E-state index in [-0.39, 0.29) is 17.3 Å². The average Bonchev–Trinajstić information content (AvgIpc) is 3.49. The van der Waals surface area contributed by atoms with Gasteiger partial charge in [-0.1, -0.05) is 18.2 Å². The van der Waals surface area contributed by atoms with Gasteiger partial charge in [0.2, 0.25) is 11.5 Å². The Bertz CT molecular complexity index is 1480. The number of benzene rings is 3. The van der Waals surface area contributed by atoms with Crippen molar-refractivity contribution in [2.75, 3.05) is 13.2 Å². The van der Waals surface area contributed by atoms with Crippen LogP contribution in [0, 0.1) is 0 Å². The minimum atomic E-state index is -0.492. The van der Waals surface area contributed by atoms with Crippen LogP contribution in [0.15, 0.2) is 87.7 Å². The Morgan fingerprint density at radius 2 is 1.25 bits per heavy atom. The first kappa shape index (κ1) is 24.4. The molecule has 1 N–H and O–H groups in total. The number of rotatable bonds is 6. The molecule has 2 aromatic heterocycles. The summed E-state index contributed by atoms with van der Waals surface area (Å²) in [5, 5.41) is 10.8. The maximum Gasteiger partial charge on any atom is 0.374 e. The lowest BCUT2D eigenvalue weighted by atomic mass is 10.2. The van der Waals surface area contributed by atoms with Crippen LogP contribution in [-0.2, 0) is 9.47 Å². The lowest BCUT2D eigenvalue weighted by molar-refractivity contribution is 0.0484. The molecule has 8 nitrogen and oxygen atoms in total. The molecule has 0 radical (unpaired) electrons. The Hall–Kier alpha value is -4.72. The van der Waals surface area contributed by atoms with Crippen molar-refractivity contribution in [2.45, 2.75) is 13.8 Å². The molecule has 0 saturated carbocycles. The van der Waals surface area contributed by atoms with Crippen molar-refractivity contribution in [3.05, 3.63) is 90.4 Å². The Kier molecular flexibility index (Phi) is 7.55. The van der Waals surface area contributed by atoms with Crippen molar-refractivity contribution in [1.82, 2.24) is 0 Å². The number of furan rings is 2. The molecule has 0 atom stereocenters. The van der Waals surface area contributed by atoms with Gasteiger partial charge in [0.1, 0.15) is 28.4 Å². The first-order valence-electron chi connectivity index (χ1n) is 11.3. The number of fused-ring (bicyclic) bond motifs is 2. The zero-order chi connectivity index (χ0) is 25.5. The number of para-hydroxylation sites is 1. The van der Waals surface area contributed by atoms with Gasteiger partial charge in [0.05, 0.1) is 13.2 Å². The van der Waals surface area contributed by atoms with Crippen LogP contribution >= 0.6 is 0 Å². The van der Waals surface area contributed by atoms with Crippen LogP contribution in [0.25, 0.3) is 21.9 Å². The van der Waals surface area contributed by atoms with E-state index in [1.54, 1.807) is 38.1 Å². The third-order valence-corrected chi connectivity index (χ3v) is 4.93. The van der Waals surface area contributed by atoms with Gasteiger partial charge in [0.15, 0.2) is 0 Å². The number of esters is 2. The van der Waals surface area contributed by atoms with Crippen LogP contribution < -0.4 is 4.74 Å². The van der Waals surface area contributed by atoms with E-state index < -0.39 is 11.9 Å². The van der Waals surface area contributed by atoms with Crippen molar-refractivity contribution < 1.29 is 37.7 Å². The monoisotopic (exact) mass is 488 g/mol. The summed E-state index contributed by atoms with van der Waals surface area (Å²) in [6, 6.07) is 22.8. The van der Waals surface area contributed by atoms with Gasteiger partial charge in [-0.05, 0) is 62.4 Å². The standard InChI is InChI=1S/C17H14O4.C11H10O4/c1-2-19-17(18)16-10-12-8-9-14(11-15(12)21-16)20-13-6-4-3-5-7-13;1-2-14-11(13)10-5-7-3-4-8(12)6-9(7)15-10/h3-11H,2H2,1H3;3-6,12H,2H2,1H3. The number of phenolic OH excluding ortho intramolecular Hbond substituents is 1. The summed E-state index contributed by atoms with van der Waals surface area (Å²) in [5.41, 5.74) is 1.06. The fourth-order valence-electron chi connectivity index (χ4n) is 3.33. The van der Waals surface area contributed by atoms with Crippen LogP contribution in [0.2, 0.25) is 0 Å². The first-order valence-corrected chi connectivity index (χ1v) is 11.3. The van der Waals surface area contributed by atoms with Gasteiger partial charge in [-0.15, -0.1) is 0 Å². The largest absolute Gasteiger partial charge is 0.508 e. The minimum Gasteiger partial charge on any atom is -0.508 e. The zero-order valence-corrected chi connectivity index (χ0v) is 19.7. The second kappa shape index (κ2) is 11.1. The number of carbonyl (C=O) groups is 2. The van der Waals surface area contributed by atoms with Gasteiger partial charge >= 0.3 is 11.9 Å². The van der Waals surface area contributed by atoms with E-state index in [2.05, 4.69) is 0 Å². The summed E-state index contributed by atoms with van der Waals surface area (Å²) in [4.78, 5) is 23.0. The minimum absolute atomic E-state index is 0.104. The van der Waals surface area contributed by atoms with E-state index in [0.717, 1.165) is 16.5 Å². The highest BCUT2D eigenvalue weighted by Gasteiger charge is 2.14. The van der Waals surface area contributed by atoms with E-state index in [9.17, 15) is 14.7 Å². The van der Waals surface area contributed by atoms with Crippen molar-refractivity contribution >= 4 is 33.9 Å². The van der Waals surface area contributed by atoms with E-state index in [1.165, 1.54) is 12.1 Å². The van der Waals surface area contributed by atoms with Crippen LogP contribution in [-0.4, -0.2) is 30.3 Å². The van der Waals surface area contributed by atoms with Crippen molar-refractivity contribution in [3.8, 4) is 17.2 Å². The smallest absolute Gasteiger partial charge is 0.374 e. The van der Waals surface area contributed by atoms with Crippen LogP contribution in [0.3, 0.4) is 0 Å². The second-order valence-electron chi connectivity index (χ2n) is 7.50. The molecule has 184 valence electrons. The van der Waals surface area contributed by atoms with Gasteiger partial charge in [-0.3, -0.25) is 0 Å². The molecule has 0 spiro atoms. The molecule has 0 aliphatic heterocycles. The SMILES string of the molecule is CCOC(=O)c1cc2ccc(O)cc2o1.CCOC(=O)c1cc2ccc(Oc3ccccc3)cc2o1. The summed E-state index contributed by atoms with van der Waals surface area (Å²) in [6.45, 7) is 4.11. The molecule has 3 aromatic carbocycles. The molecule has 2 heterocycles. The molecule has 0 fully saturated rings. The van der Waals surface area contributed by atoms with Gasteiger partial charge in [-0.2, -0.15) is 0 Å². The number of hydrogen-bond donors (Lipinski definition) is 1. The molecule has 5 rings (SSSR count). The Balaban J connectivity index is 0.000000179. The summed E-state index contributed by atoms with van der Waals surface area (Å²) >= 11 is 0. The molecular formula is C28H24O8. The third-order valence-electron chi connectivity index (χ3n) is 4.93. The number of carbonyl (C=O) groups excluding carboxylic acids is 2. The predicted molar refractivity (Wildman–Crippen MR) is 133 cm³/mol. The third kappa shape index (κ3) is 5.85. The fourth-order valence-corrected chi connectivity index (χ4v) is 3.33. The molecule has 8 heteroatoms. The molecule has 0 aliphatic rings.